The molecular weight excluding hydrogens is 235 g/mol. The molecule has 2 aromatic rings. The number of aryl methyl sites for hydroxylation is 1. The minimum atomic E-state index is -0.305. The number of nitrogens with one attached hydrogen (secondary N) is 1. The van der Waals surface area contributed by atoms with Crippen molar-refractivity contribution in [2.24, 2.45) is 5.84 Å². The number of nitrogens with two attached hydrogens (primary N) is 1. The Bertz CT molecular complexity index is 547. The molecule has 0 amide bonds. The van der Waals surface area contributed by atoms with Crippen LogP contribution in [0.5, 0.6) is 5.88 Å². The van der Waals surface area contributed by atoms with Gasteiger partial charge in [-0.1, -0.05) is 18.2 Å². The molecule has 2 rings (SSSR count). The number of benzene rings is 1. The van der Waals surface area contributed by atoms with Gasteiger partial charge in [0.15, 0.2) is 0 Å². The number of halogens is 1. The van der Waals surface area contributed by atoms with E-state index in [0.29, 0.717) is 23.1 Å². The summed E-state index contributed by atoms with van der Waals surface area (Å²) in [6, 6.07) is 7.97. The highest BCUT2D eigenvalue weighted by atomic mass is 19.1. The monoisotopic (exact) mass is 248 g/mol. The lowest BCUT2D eigenvalue weighted by atomic mass is 10.2. The zero-order chi connectivity index (χ0) is 13.0. The summed E-state index contributed by atoms with van der Waals surface area (Å²) in [4.78, 5) is 8.10. The molecule has 0 atom stereocenters. The number of aromatic nitrogens is 2. The zero-order valence-electron chi connectivity index (χ0n) is 9.85. The van der Waals surface area contributed by atoms with Crippen LogP contribution in [0.15, 0.2) is 30.3 Å². The van der Waals surface area contributed by atoms with Gasteiger partial charge in [0.05, 0.1) is 0 Å². The Hall–Kier alpha value is -2.21. The van der Waals surface area contributed by atoms with Crippen LogP contribution in [0.25, 0.3) is 0 Å². The number of nitrogen functional groups attached to an aromatic ring is 1. The number of hydrogen-bond donors (Lipinski definition) is 2. The summed E-state index contributed by atoms with van der Waals surface area (Å²) in [5.74, 6) is 6.28. The smallest absolute Gasteiger partial charge is 0.219 e. The molecule has 1 aromatic carbocycles. The standard InChI is InChI=1S/C12H13FN4O/c1-8-15-11(17-14)6-12(16-8)18-7-9-4-2-3-5-10(9)13/h2-6H,7,14H2,1H3,(H,15,16,17). The fourth-order valence-corrected chi connectivity index (χ4v) is 1.46. The largest absolute Gasteiger partial charge is 0.473 e. The number of nitrogens with zero attached hydrogens (tertiary/aromatic N) is 2. The Morgan fingerprint density at radius 2 is 2.11 bits per heavy atom. The van der Waals surface area contributed by atoms with E-state index in [0.717, 1.165) is 0 Å². The van der Waals surface area contributed by atoms with Crippen LogP contribution < -0.4 is 16.0 Å². The van der Waals surface area contributed by atoms with Crippen LogP contribution in [0.1, 0.15) is 11.4 Å². The van der Waals surface area contributed by atoms with Gasteiger partial charge in [-0.05, 0) is 13.0 Å². The molecule has 18 heavy (non-hydrogen) atoms. The maximum atomic E-state index is 13.4. The Kier molecular flexibility index (Phi) is 3.69. The molecule has 94 valence electrons. The van der Waals surface area contributed by atoms with E-state index in [1.165, 1.54) is 6.07 Å². The van der Waals surface area contributed by atoms with Crippen molar-refractivity contribution in [1.29, 1.82) is 0 Å². The van der Waals surface area contributed by atoms with Gasteiger partial charge in [-0.25, -0.2) is 15.2 Å². The maximum Gasteiger partial charge on any atom is 0.219 e. The fraction of sp³-hybridized carbons (Fsp3) is 0.167. The lowest BCUT2D eigenvalue weighted by Gasteiger charge is -2.08. The number of rotatable bonds is 4. The molecule has 0 saturated heterocycles. The number of hydrazine groups is 1. The molecule has 0 bridgehead atoms. The third-order valence-electron chi connectivity index (χ3n) is 2.30. The summed E-state index contributed by atoms with van der Waals surface area (Å²) in [6.07, 6.45) is 0. The SMILES string of the molecule is Cc1nc(NN)cc(OCc2ccccc2F)n1. The van der Waals surface area contributed by atoms with Crippen molar-refractivity contribution in [3.8, 4) is 5.88 Å². The van der Waals surface area contributed by atoms with Crippen LogP contribution >= 0.6 is 0 Å². The normalized spacial score (nSPS) is 10.2. The molecule has 6 heteroatoms. The van der Waals surface area contributed by atoms with E-state index in [1.54, 1.807) is 31.2 Å². The van der Waals surface area contributed by atoms with Crippen LogP contribution in [0.4, 0.5) is 10.2 Å². The van der Waals surface area contributed by atoms with E-state index in [4.69, 9.17) is 10.6 Å². The lowest BCUT2D eigenvalue weighted by molar-refractivity contribution is 0.287. The van der Waals surface area contributed by atoms with Crippen LogP contribution in [-0.2, 0) is 6.61 Å². The van der Waals surface area contributed by atoms with Crippen molar-refractivity contribution in [3.63, 3.8) is 0 Å². The summed E-state index contributed by atoms with van der Waals surface area (Å²) in [5.41, 5.74) is 2.88. The molecule has 0 aliphatic heterocycles. The van der Waals surface area contributed by atoms with Crippen LogP contribution in [-0.4, -0.2) is 9.97 Å². The van der Waals surface area contributed by atoms with Gasteiger partial charge >= 0.3 is 0 Å². The minimum absolute atomic E-state index is 0.104. The molecule has 0 spiro atoms. The van der Waals surface area contributed by atoms with Crippen molar-refractivity contribution >= 4 is 5.82 Å². The van der Waals surface area contributed by atoms with Gasteiger partial charge in [-0.3, -0.25) is 0 Å². The van der Waals surface area contributed by atoms with Crippen LogP contribution in [0, 0.1) is 12.7 Å². The van der Waals surface area contributed by atoms with E-state index in [2.05, 4.69) is 15.4 Å². The van der Waals surface area contributed by atoms with Gasteiger partial charge in [-0.15, -0.1) is 0 Å². The van der Waals surface area contributed by atoms with E-state index < -0.39 is 0 Å². The average molecular weight is 248 g/mol. The number of ether oxygens (including phenoxy) is 1. The Balaban J connectivity index is 2.11. The third-order valence-corrected chi connectivity index (χ3v) is 2.30. The van der Waals surface area contributed by atoms with Crippen molar-refractivity contribution in [2.75, 3.05) is 5.43 Å². The molecule has 0 fully saturated rings. The topological polar surface area (TPSA) is 73.1 Å². The van der Waals surface area contributed by atoms with Crippen molar-refractivity contribution < 1.29 is 9.13 Å². The predicted molar refractivity (Wildman–Crippen MR) is 65.3 cm³/mol. The molecule has 3 N–H and O–H groups in total. The van der Waals surface area contributed by atoms with E-state index >= 15 is 0 Å². The minimum Gasteiger partial charge on any atom is -0.473 e. The predicted octanol–water partition coefficient (Wildman–Crippen LogP) is 1.79. The summed E-state index contributed by atoms with van der Waals surface area (Å²) < 4.78 is 18.8. The highest BCUT2D eigenvalue weighted by Gasteiger charge is 2.05. The second kappa shape index (κ2) is 5.42. The third kappa shape index (κ3) is 2.92. The first-order valence-corrected chi connectivity index (χ1v) is 5.37. The second-order valence-electron chi connectivity index (χ2n) is 3.66. The molecule has 0 radical (unpaired) electrons. The molecule has 0 saturated carbocycles. The quantitative estimate of drug-likeness (QED) is 0.637. The summed E-state index contributed by atoms with van der Waals surface area (Å²) in [5, 5.41) is 0. The fourth-order valence-electron chi connectivity index (χ4n) is 1.46. The zero-order valence-corrected chi connectivity index (χ0v) is 9.85. The number of hydrogen-bond acceptors (Lipinski definition) is 5. The van der Waals surface area contributed by atoms with Crippen molar-refractivity contribution in [2.45, 2.75) is 13.5 Å². The van der Waals surface area contributed by atoms with Crippen LogP contribution in [0.3, 0.4) is 0 Å². The lowest BCUT2D eigenvalue weighted by Crippen LogP contribution is -2.10. The van der Waals surface area contributed by atoms with Crippen molar-refractivity contribution in [1.82, 2.24) is 9.97 Å². The first-order chi connectivity index (χ1) is 8.69. The van der Waals surface area contributed by atoms with Gasteiger partial charge in [-0.2, -0.15) is 4.98 Å². The first kappa shape index (κ1) is 12.3. The van der Waals surface area contributed by atoms with Gasteiger partial charge in [0, 0.05) is 11.6 Å². The Morgan fingerprint density at radius 1 is 1.33 bits per heavy atom. The number of anilines is 1. The molecule has 5 nitrogen and oxygen atoms in total. The van der Waals surface area contributed by atoms with Gasteiger partial charge < -0.3 is 10.2 Å². The Labute approximate surface area is 104 Å². The molecule has 1 heterocycles. The van der Waals surface area contributed by atoms with E-state index in [9.17, 15) is 4.39 Å². The summed E-state index contributed by atoms with van der Waals surface area (Å²) in [7, 11) is 0. The first-order valence-electron chi connectivity index (χ1n) is 5.37. The van der Waals surface area contributed by atoms with E-state index in [-0.39, 0.29) is 12.4 Å². The van der Waals surface area contributed by atoms with Gasteiger partial charge in [0.2, 0.25) is 5.88 Å². The highest BCUT2D eigenvalue weighted by Crippen LogP contribution is 2.15. The molecular formula is C12H13FN4O. The molecule has 0 unspecified atom stereocenters. The van der Waals surface area contributed by atoms with Gasteiger partial charge in [0.1, 0.15) is 24.1 Å². The summed E-state index contributed by atoms with van der Waals surface area (Å²) in [6.45, 7) is 1.82. The van der Waals surface area contributed by atoms with E-state index in [1.807, 2.05) is 0 Å². The highest BCUT2D eigenvalue weighted by molar-refractivity contribution is 5.36. The summed E-state index contributed by atoms with van der Waals surface area (Å²) >= 11 is 0. The van der Waals surface area contributed by atoms with Crippen molar-refractivity contribution in [3.05, 3.63) is 47.5 Å². The molecule has 0 aliphatic carbocycles. The molecule has 1 aromatic heterocycles. The molecule has 0 aliphatic rings. The van der Waals surface area contributed by atoms with Gasteiger partial charge in [0.25, 0.3) is 0 Å². The average Bonchev–Trinajstić information content (AvgIpc) is 2.37. The van der Waals surface area contributed by atoms with Crippen LogP contribution in [0.2, 0.25) is 0 Å². The second-order valence-corrected chi connectivity index (χ2v) is 3.66. The maximum absolute atomic E-state index is 13.4. The Morgan fingerprint density at radius 3 is 2.83 bits per heavy atom.